The van der Waals surface area contributed by atoms with Gasteiger partial charge in [0.2, 0.25) is 0 Å². The normalized spacial score (nSPS) is 12.3. The molecule has 0 aromatic heterocycles. The third-order valence-corrected chi connectivity index (χ3v) is 9.51. The second kappa shape index (κ2) is 20.1. The topological polar surface area (TPSA) is 12.4 Å². The van der Waals surface area contributed by atoms with Crippen molar-refractivity contribution in [1.29, 1.82) is 0 Å². The van der Waals surface area contributed by atoms with Crippen molar-refractivity contribution in [2.24, 2.45) is 10.9 Å². The van der Waals surface area contributed by atoms with Gasteiger partial charge in [-0.25, -0.2) is 0 Å². The molecule has 0 amide bonds. The van der Waals surface area contributed by atoms with Crippen LogP contribution in [0.3, 0.4) is 0 Å². The lowest BCUT2D eigenvalue weighted by Gasteiger charge is -2.16. The maximum atomic E-state index is 6.15. The van der Waals surface area contributed by atoms with Crippen molar-refractivity contribution < 1.29 is 0 Å². The van der Waals surface area contributed by atoms with Gasteiger partial charge in [0.15, 0.2) is 0 Å². The zero-order valence-electron chi connectivity index (χ0n) is 29.6. The van der Waals surface area contributed by atoms with Crippen LogP contribution < -0.4 is 0 Å². The molecule has 0 N–H and O–H groups in total. The molecule has 1 heteroatoms. The Balaban J connectivity index is 1.55. The minimum absolute atomic E-state index is 0.636. The molecule has 1 atom stereocenters. The van der Waals surface area contributed by atoms with Crippen molar-refractivity contribution in [3.63, 3.8) is 0 Å². The summed E-state index contributed by atoms with van der Waals surface area (Å²) >= 11 is 0. The van der Waals surface area contributed by atoms with Gasteiger partial charge in [-0.1, -0.05) is 163 Å². The van der Waals surface area contributed by atoms with Crippen LogP contribution >= 0.6 is 0 Å². The van der Waals surface area contributed by atoms with E-state index in [4.69, 9.17) is 11.4 Å². The van der Waals surface area contributed by atoms with Gasteiger partial charge in [0.25, 0.3) is 0 Å². The first kappa shape index (κ1) is 36.4. The molecule has 0 aliphatic carbocycles. The highest BCUT2D eigenvalue weighted by Crippen LogP contribution is 2.24. The van der Waals surface area contributed by atoms with Gasteiger partial charge in [0, 0.05) is 16.7 Å². The number of hydrogen-bond donors (Lipinski definition) is 0. The zero-order chi connectivity index (χ0) is 32.4. The number of hydrogen-bond acceptors (Lipinski definition) is 1. The lowest BCUT2D eigenvalue weighted by atomic mass is 9.90. The molecule has 0 bridgehead atoms. The Hall–Kier alpha value is -3.11. The molecule has 0 aliphatic heterocycles. The number of unbranched alkanes of at least 4 members (excludes halogenated alkanes) is 11. The Morgan fingerprint density at radius 2 is 1.24 bits per heavy atom. The van der Waals surface area contributed by atoms with Gasteiger partial charge >= 0.3 is 0 Å². The Bertz CT molecular complexity index is 1380. The molecule has 0 saturated heterocycles. The van der Waals surface area contributed by atoms with E-state index in [0.717, 1.165) is 34.7 Å². The van der Waals surface area contributed by atoms with Crippen molar-refractivity contribution in [3.05, 3.63) is 105 Å². The maximum Gasteiger partial charge on any atom is 0.0738 e. The van der Waals surface area contributed by atoms with E-state index in [1.54, 1.807) is 0 Å². The largest absolute Gasteiger partial charge is 0.279 e. The smallest absolute Gasteiger partial charge is 0.0738 e. The highest BCUT2D eigenvalue weighted by atomic mass is 14.7. The molecule has 1 unspecified atom stereocenters. The predicted octanol–water partition coefficient (Wildman–Crippen LogP) is 12.6. The van der Waals surface area contributed by atoms with Crippen LogP contribution in [0.4, 0.5) is 0 Å². The Labute approximate surface area is 277 Å². The molecular formula is C44H61N. The molecule has 3 aromatic carbocycles. The second-order valence-corrected chi connectivity index (χ2v) is 13.8. The van der Waals surface area contributed by atoms with Gasteiger partial charge in [0.1, 0.15) is 0 Å². The molecule has 45 heavy (non-hydrogen) atoms. The summed E-state index contributed by atoms with van der Waals surface area (Å²) in [5.74, 6) is 3.76. The molecule has 0 radical (unpaired) electrons. The van der Waals surface area contributed by atoms with E-state index in [1.165, 1.54) is 123 Å². The van der Waals surface area contributed by atoms with Gasteiger partial charge in [0.05, 0.1) is 12.3 Å². The summed E-state index contributed by atoms with van der Waals surface area (Å²) in [6.45, 7) is 14.0. The van der Waals surface area contributed by atoms with Crippen LogP contribution in [0.25, 0.3) is 0 Å². The third-order valence-electron chi connectivity index (χ3n) is 9.51. The van der Waals surface area contributed by atoms with E-state index >= 15 is 0 Å². The molecule has 0 saturated carbocycles. The predicted molar refractivity (Wildman–Crippen MR) is 199 cm³/mol. The van der Waals surface area contributed by atoms with E-state index < -0.39 is 0 Å². The van der Waals surface area contributed by atoms with Crippen LogP contribution in [-0.2, 0) is 13.0 Å². The molecule has 0 aliphatic rings. The summed E-state index contributed by atoms with van der Waals surface area (Å²) in [7, 11) is 0. The van der Waals surface area contributed by atoms with Crippen molar-refractivity contribution in [1.82, 2.24) is 0 Å². The fourth-order valence-electron chi connectivity index (χ4n) is 6.55. The van der Waals surface area contributed by atoms with Crippen LogP contribution in [0, 0.1) is 46.0 Å². The Kier molecular flexibility index (Phi) is 16.2. The first-order chi connectivity index (χ1) is 21.8. The molecule has 0 fully saturated rings. The van der Waals surface area contributed by atoms with Crippen LogP contribution in [0.5, 0.6) is 0 Å². The van der Waals surface area contributed by atoms with Gasteiger partial charge in [-0.15, -0.1) is 6.42 Å². The number of aryl methyl sites for hydroxylation is 5. The number of rotatable bonds is 20. The maximum absolute atomic E-state index is 6.15. The highest BCUT2D eigenvalue weighted by Gasteiger charge is 2.15. The fourth-order valence-corrected chi connectivity index (χ4v) is 6.55. The van der Waals surface area contributed by atoms with Crippen LogP contribution in [0.2, 0.25) is 0 Å². The lowest BCUT2D eigenvalue weighted by molar-refractivity contribution is 0.454. The molecule has 3 rings (SSSR count). The first-order valence-electron chi connectivity index (χ1n) is 18.1. The summed E-state index contributed by atoms with van der Waals surface area (Å²) in [4.78, 5) is 5.23. The van der Waals surface area contributed by atoms with E-state index in [9.17, 15) is 0 Å². The zero-order valence-corrected chi connectivity index (χ0v) is 29.6. The van der Waals surface area contributed by atoms with Gasteiger partial charge in [-0.2, -0.15) is 0 Å². The number of terminal acetylenes is 1. The van der Waals surface area contributed by atoms with Gasteiger partial charge < -0.3 is 0 Å². The molecule has 242 valence electrons. The van der Waals surface area contributed by atoms with Crippen LogP contribution in [0.15, 0.2) is 59.6 Å². The second-order valence-electron chi connectivity index (χ2n) is 13.8. The number of aliphatic imine (C=N–C) groups is 1. The summed E-state index contributed by atoms with van der Waals surface area (Å²) < 4.78 is 0. The molecule has 0 spiro atoms. The van der Waals surface area contributed by atoms with Gasteiger partial charge in [-0.3, -0.25) is 4.99 Å². The average Bonchev–Trinajstić information content (AvgIpc) is 3.02. The number of benzene rings is 3. The first-order valence-corrected chi connectivity index (χ1v) is 18.1. The fraction of sp³-hybridized carbons (Fsp3) is 0.523. The third kappa shape index (κ3) is 12.7. The quantitative estimate of drug-likeness (QED) is 0.0692. The lowest BCUT2D eigenvalue weighted by Crippen LogP contribution is -2.10. The summed E-state index contributed by atoms with van der Waals surface area (Å²) in [5, 5.41) is 0. The SMILES string of the molecule is C#Cc1cc(CCC(C)CCCCCCCCCCCCCC)ccc1C(=NCc1ccc(C)cc1C)c1ccc(C)cc1C. The van der Waals surface area contributed by atoms with Crippen LogP contribution in [-0.4, -0.2) is 5.71 Å². The monoisotopic (exact) mass is 603 g/mol. The van der Waals surface area contributed by atoms with Crippen molar-refractivity contribution in [2.45, 2.75) is 144 Å². The average molecular weight is 604 g/mol. The Morgan fingerprint density at radius 3 is 1.84 bits per heavy atom. The van der Waals surface area contributed by atoms with Crippen molar-refractivity contribution in [3.8, 4) is 12.3 Å². The summed E-state index contributed by atoms with van der Waals surface area (Å²) in [6, 6.07) is 20.0. The van der Waals surface area contributed by atoms with Crippen molar-refractivity contribution >= 4 is 5.71 Å². The Morgan fingerprint density at radius 1 is 0.667 bits per heavy atom. The minimum atomic E-state index is 0.636. The number of nitrogens with zero attached hydrogens (tertiary/aromatic N) is 1. The molecule has 3 aromatic rings. The van der Waals surface area contributed by atoms with E-state index in [0.29, 0.717) is 6.54 Å². The summed E-state index contributed by atoms with van der Waals surface area (Å²) in [6.07, 6.45) is 26.7. The van der Waals surface area contributed by atoms with E-state index in [-0.39, 0.29) is 0 Å². The van der Waals surface area contributed by atoms with Crippen molar-refractivity contribution in [2.75, 3.05) is 0 Å². The molecular weight excluding hydrogens is 542 g/mol. The van der Waals surface area contributed by atoms with Crippen LogP contribution in [0.1, 0.15) is 154 Å². The van der Waals surface area contributed by atoms with Gasteiger partial charge in [-0.05, 0) is 74.8 Å². The van der Waals surface area contributed by atoms with E-state index in [1.807, 2.05) is 0 Å². The minimum Gasteiger partial charge on any atom is -0.279 e. The standard InChI is InChI=1S/C44H61N/c1-8-10-11-12-13-14-15-16-17-18-19-20-21-34(3)22-25-39-26-29-43(40(9-2)32-39)44(42-28-24-36(5)31-38(42)7)45-33-41-27-23-35(4)30-37(41)6/h2,23-24,26-32,34H,8,10-22,25,33H2,1,3-7H3. The summed E-state index contributed by atoms with van der Waals surface area (Å²) in [5.41, 5.74) is 11.8. The van der Waals surface area contributed by atoms with E-state index in [2.05, 4.69) is 102 Å². The molecule has 1 nitrogen and oxygen atoms in total. The highest BCUT2D eigenvalue weighted by molar-refractivity contribution is 6.15. The molecule has 0 heterocycles.